The topological polar surface area (TPSA) is 107 Å². The zero-order valence-corrected chi connectivity index (χ0v) is 21.3. The van der Waals surface area contributed by atoms with Gasteiger partial charge < -0.3 is 0 Å². The summed E-state index contributed by atoms with van der Waals surface area (Å²) >= 11 is 7.58. The Balaban J connectivity index is 1.39. The highest BCUT2D eigenvalue weighted by atomic mass is 35.5. The second-order valence-corrected chi connectivity index (χ2v) is 9.71. The lowest BCUT2D eigenvalue weighted by atomic mass is 10.0. The lowest BCUT2D eigenvalue weighted by Gasteiger charge is -2.17. The standard InChI is InChI=1S/C24H16ClF3N10S/c25-16-2-4-19(37-13-31-34-35-37)22(23(16)26)14-1-3-17(30-10-14)20(9-21-29-7-8-39-21)36-12-15(11-33-36)18-5-6-32-38(18)24(27)28/h1-8,10-13,20,24H,9H2/p+1/t20-/m0/s1. The quantitative estimate of drug-likeness (QED) is 0.267. The summed E-state index contributed by atoms with van der Waals surface area (Å²) < 4.78 is 45.8. The van der Waals surface area contributed by atoms with E-state index >= 15 is 4.39 Å². The molecule has 5 heterocycles. The number of aromatic amines is 1. The normalized spacial score (nSPS) is 12.3. The monoisotopic (exact) mass is 569 g/mol. The van der Waals surface area contributed by atoms with Crippen molar-refractivity contribution in [3.8, 4) is 28.1 Å². The van der Waals surface area contributed by atoms with Gasteiger partial charge in [0, 0.05) is 47.7 Å². The third kappa shape index (κ3) is 4.79. The maximum Gasteiger partial charge on any atom is 0.333 e. The van der Waals surface area contributed by atoms with Crippen molar-refractivity contribution in [1.29, 1.82) is 0 Å². The number of H-pyrrole nitrogens is 1. The van der Waals surface area contributed by atoms with Crippen molar-refractivity contribution < 1.29 is 17.9 Å². The number of halogens is 4. The van der Waals surface area contributed by atoms with E-state index in [4.69, 9.17) is 11.6 Å². The van der Waals surface area contributed by atoms with Gasteiger partial charge in [0.05, 0.1) is 33.2 Å². The Morgan fingerprint density at radius 2 is 1.92 bits per heavy atom. The number of aromatic nitrogens is 10. The molecule has 0 fully saturated rings. The van der Waals surface area contributed by atoms with Gasteiger partial charge in [-0.05, 0) is 24.3 Å². The summed E-state index contributed by atoms with van der Waals surface area (Å²) in [6, 6.07) is 7.67. The molecule has 1 aromatic carbocycles. The minimum absolute atomic E-state index is 0.0420. The van der Waals surface area contributed by atoms with Crippen molar-refractivity contribution in [2.75, 3.05) is 0 Å². The molecule has 5 aromatic heterocycles. The number of alkyl halides is 2. The number of thiazole rings is 1. The molecule has 6 rings (SSSR count). The Morgan fingerprint density at radius 1 is 1.03 bits per heavy atom. The minimum atomic E-state index is -2.79. The second kappa shape index (κ2) is 10.4. The van der Waals surface area contributed by atoms with Gasteiger partial charge in [0.15, 0.2) is 11.0 Å². The predicted octanol–water partition coefficient (Wildman–Crippen LogP) is 4.68. The van der Waals surface area contributed by atoms with Crippen LogP contribution in [0.25, 0.3) is 28.1 Å². The lowest BCUT2D eigenvalue weighted by Crippen LogP contribution is -2.33. The van der Waals surface area contributed by atoms with Crippen LogP contribution >= 0.6 is 22.9 Å². The summed E-state index contributed by atoms with van der Waals surface area (Å²) in [5.74, 6) is -0.613. The molecule has 39 heavy (non-hydrogen) atoms. The van der Waals surface area contributed by atoms with Gasteiger partial charge in [-0.25, -0.2) is 14.1 Å². The van der Waals surface area contributed by atoms with E-state index in [9.17, 15) is 8.78 Å². The molecule has 0 radical (unpaired) electrons. The number of pyridine rings is 1. The highest BCUT2D eigenvalue weighted by molar-refractivity contribution is 7.09. The summed E-state index contributed by atoms with van der Waals surface area (Å²) in [5, 5.41) is 20.9. The van der Waals surface area contributed by atoms with Crippen LogP contribution in [0.4, 0.5) is 13.2 Å². The fourth-order valence-corrected chi connectivity index (χ4v) is 5.06. The Labute approximate surface area is 227 Å². The van der Waals surface area contributed by atoms with Crippen LogP contribution in [0.2, 0.25) is 5.02 Å². The van der Waals surface area contributed by atoms with E-state index in [2.05, 4.69) is 35.7 Å². The number of hydrogen-bond acceptors (Lipinski definition) is 7. The van der Waals surface area contributed by atoms with Crippen molar-refractivity contribution >= 4 is 22.9 Å². The van der Waals surface area contributed by atoms with Crippen LogP contribution in [0, 0.1) is 5.82 Å². The van der Waals surface area contributed by atoms with E-state index in [1.807, 2.05) is 5.38 Å². The average Bonchev–Trinajstić information content (AvgIpc) is 3.76. The molecule has 6 aromatic rings. The van der Waals surface area contributed by atoms with Gasteiger partial charge in [0.25, 0.3) is 6.33 Å². The molecule has 1 N–H and O–H groups in total. The smallest absolute Gasteiger partial charge is 0.263 e. The van der Waals surface area contributed by atoms with Crippen LogP contribution in [0.1, 0.15) is 23.3 Å². The zero-order chi connectivity index (χ0) is 26.9. The molecule has 0 bridgehead atoms. The van der Waals surface area contributed by atoms with Gasteiger partial charge in [-0.2, -0.15) is 19.0 Å². The fourth-order valence-electron chi connectivity index (χ4n) is 4.25. The highest BCUT2D eigenvalue weighted by Crippen LogP contribution is 2.33. The van der Waals surface area contributed by atoms with E-state index in [1.165, 1.54) is 46.9 Å². The van der Waals surface area contributed by atoms with Gasteiger partial charge in [-0.15, -0.1) is 16.0 Å². The molecular formula is C24H17ClF3N10S+. The van der Waals surface area contributed by atoms with Crippen LogP contribution in [-0.4, -0.2) is 45.1 Å². The van der Waals surface area contributed by atoms with Crippen LogP contribution in [0.15, 0.2) is 73.0 Å². The summed E-state index contributed by atoms with van der Waals surface area (Å²) in [4.78, 5) is 9.02. The van der Waals surface area contributed by atoms with Crippen LogP contribution in [0.3, 0.4) is 0 Å². The number of benzene rings is 1. The maximum absolute atomic E-state index is 15.2. The zero-order valence-electron chi connectivity index (χ0n) is 19.7. The largest absolute Gasteiger partial charge is 0.333 e. The SMILES string of the molecule is Fc1c(Cl)ccc(-[n+]2cnn[nH]2)c1-c1ccc([C@H](Cc2nccs2)n2cc(-c3ccnn3C(F)F)cn2)nc1. The third-order valence-electron chi connectivity index (χ3n) is 6.05. The average molecular weight is 570 g/mol. The summed E-state index contributed by atoms with van der Waals surface area (Å²) in [6.07, 6.45) is 9.59. The van der Waals surface area contributed by atoms with Crippen LogP contribution in [-0.2, 0) is 6.42 Å². The summed E-state index contributed by atoms with van der Waals surface area (Å²) in [5.41, 5.74) is 2.47. The van der Waals surface area contributed by atoms with Crippen molar-refractivity contribution in [3.63, 3.8) is 0 Å². The van der Waals surface area contributed by atoms with E-state index in [0.29, 0.717) is 33.6 Å². The minimum Gasteiger partial charge on any atom is -0.263 e. The van der Waals surface area contributed by atoms with Crippen LogP contribution in [0.5, 0.6) is 0 Å². The predicted molar refractivity (Wildman–Crippen MR) is 135 cm³/mol. The first kappa shape index (κ1) is 24.9. The molecule has 0 aliphatic heterocycles. The van der Waals surface area contributed by atoms with Gasteiger partial charge in [0.2, 0.25) is 0 Å². The molecule has 0 aliphatic rings. The van der Waals surface area contributed by atoms with Gasteiger partial charge in [0.1, 0.15) is 16.8 Å². The molecule has 0 saturated carbocycles. The van der Waals surface area contributed by atoms with E-state index in [-0.39, 0.29) is 16.3 Å². The van der Waals surface area contributed by atoms with Crippen LogP contribution < -0.4 is 4.68 Å². The number of hydrogen-bond donors (Lipinski definition) is 1. The van der Waals surface area contributed by atoms with Gasteiger partial charge in [-0.1, -0.05) is 22.9 Å². The molecule has 10 nitrogen and oxygen atoms in total. The van der Waals surface area contributed by atoms with E-state index < -0.39 is 18.4 Å². The molecule has 0 spiro atoms. The molecule has 0 saturated heterocycles. The summed E-state index contributed by atoms with van der Waals surface area (Å²) in [6.45, 7) is -2.79. The van der Waals surface area contributed by atoms with Crippen molar-refractivity contribution in [2.45, 2.75) is 19.0 Å². The van der Waals surface area contributed by atoms with E-state index in [1.54, 1.807) is 41.5 Å². The van der Waals surface area contributed by atoms with Crippen molar-refractivity contribution in [3.05, 3.63) is 94.6 Å². The Hall–Kier alpha value is -4.43. The Bertz CT molecular complexity index is 1700. The first-order chi connectivity index (χ1) is 19.0. The first-order valence-electron chi connectivity index (χ1n) is 11.5. The summed E-state index contributed by atoms with van der Waals surface area (Å²) in [7, 11) is 0. The van der Waals surface area contributed by atoms with E-state index in [0.717, 1.165) is 5.01 Å². The highest BCUT2D eigenvalue weighted by Gasteiger charge is 2.23. The van der Waals surface area contributed by atoms with Gasteiger partial charge in [-0.3, -0.25) is 9.67 Å². The maximum atomic E-state index is 15.2. The number of rotatable bonds is 8. The molecule has 1 atom stereocenters. The lowest BCUT2D eigenvalue weighted by molar-refractivity contribution is -0.659. The molecule has 15 heteroatoms. The molecule has 0 aliphatic carbocycles. The third-order valence-corrected chi connectivity index (χ3v) is 7.14. The molecule has 0 amide bonds. The molecule has 0 unspecified atom stereocenters. The molecule has 196 valence electrons. The Morgan fingerprint density at radius 3 is 2.64 bits per heavy atom. The van der Waals surface area contributed by atoms with Gasteiger partial charge >= 0.3 is 6.55 Å². The number of nitrogens with zero attached hydrogens (tertiary/aromatic N) is 9. The van der Waals surface area contributed by atoms with Crippen molar-refractivity contribution in [1.82, 2.24) is 45.1 Å². The van der Waals surface area contributed by atoms with Crippen molar-refractivity contribution in [2.24, 2.45) is 0 Å². The fraction of sp³-hybridized carbons (Fsp3) is 0.125. The second-order valence-electron chi connectivity index (χ2n) is 8.32. The molecular weight excluding hydrogens is 553 g/mol. The number of tetrazole rings is 1. The Kier molecular flexibility index (Phi) is 6.62. The first-order valence-corrected chi connectivity index (χ1v) is 12.7. The number of nitrogens with one attached hydrogen (secondary N) is 1.